The van der Waals surface area contributed by atoms with Crippen LogP contribution in [0.15, 0.2) is 42.7 Å². The number of ether oxygens (including phenoxy) is 1. The molecule has 0 unspecified atom stereocenters. The molecular weight excluding hydrogens is 354 g/mol. The summed E-state index contributed by atoms with van der Waals surface area (Å²) in [6, 6.07) is 10.1. The summed E-state index contributed by atoms with van der Waals surface area (Å²) in [7, 11) is 1.62. The van der Waals surface area contributed by atoms with Gasteiger partial charge in [-0.3, -0.25) is 4.98 Å². The summed E-state index contributed by atoms with van der Waals surface area (Å²) in [6.45, 7) is 0.771. The zero-order chi connectivity index (χ0) is 17.6. The Morgan fingerprint density at radius 3 is 2.64 bits per heavy atom. The van der Waals surface area contributed by atoms with Crippen molar-refractivity contribution in [3.8, 4) is 5.75 Å². The van der Waals surface area contributed by atoms with Crippen LogP contribution in [0.3, 0.4) is 0 Å². The Bertz CT molecular complexity index is 720. The van der Waals surface area contributed by atoms with Gasteiger partial charge in [-0.25, -0.2) is 0 Å². The predicted molar refractivity (Wildman–Crippen MR) is 106 cm³/mol. The fourth-order valence-corrected chi connectivity index (χ4v) is 3.72. The van der Waals surface area contributed by atoms with E-state index in [1.54, 1.807) is 13.2 Å². The average molecular weight is 376 g/mol. The van der Waals surface area contributed by atoms with Gasteiger partial charge >= 0.3 is 0 Å². The third-order valence-corrected chi connectivity index (χ3v) is 5.20. The lowest BCUT2D eigenvalue weighted by atomic mass is 10.2. The molecule has 1 aromatic heterocycles. The molecule has 25 heavy (non-hydrogen) atoms. The van der Waals surface area contributed by atoms with Crippen LogP contribution in [-0.2, 0) is 6.54 Å². The number of thiocarbonyl (C=S) groups is 1. The molecule has 132 valence electrons. The van der Waals surface area contributed by atoms with E-state index in [0.717, 1.165) is 18.0 Å². The van der Waals surface area contributed by atoms with Gasteiger partial charge in [-0.2, -0.15) is 0 Å². The fraction of sp³-hybridized carbons (Fsp3) is 0.368. The standard InChI is InChI=1S/C19H22ClN3OS/c1-24-16-6-7-18(17(20)12-16)22-19(25)23(15-4-2-3-5-15)13-14-8-10-21-11-9-14/h6-12,15H,2-5,13H2,1H3,(H,22,25). The minimum Gasteiger partial charge on any atom is -0.497 e. The van der Waals surface area contributed by atoms with Crippen molar-refractivity contribution in [2.24, 2.45) is 0 Å². The third kappa shape index (κ3) is 4.61. The first-order chi connectivity index (χ1) is 12.2. The van der Waals surface area contributed by atoms with Crippen molar-refractivity contribution in [1.82, 2.24) is 9.88 Å². The molecule has 1 aliphatic rings. The SMILES string of the molecule is COc1ccc(NC(=S)N(Cc2ccncc2)C2CCCC2)c(Cl)c1. The zero-order valence-electron chi connectivity index (χ0n) is 14.2. The number of methoxy groups -OCH3 is 1. The Kier molecular flexibility index (Phi) is 6.10. The van der Waals surface area contributed by atoms with E-state index in [4.69, 9.17) is 28.6 Å². The van der Waals surface area contributed by atoms with E-state index in [9.17, 15) is 0 Å². The molecule has 0 bridgehead atoms. The minimum absolute atomic E-state index is 0.463. The number of hydrogen-bond acceptors (Lipinski definition) is 3. The molecule has 1 N–H and O–H groups in total. The average Bonchev–Trinajstić information content (AvgIpc) is 3.16. The number of anilines is 1. The van der Waals surface area contributed by atoms with Crippen LogP contribution in [0.25, 0.3) is 0 Å². The summed E-state index contributed by atoms with van der Waals surface area (Å²) in [5.74, 6) is 0.728. The lowest BCUT2D eigenvalue weighted by Crippen LogP contribution is -2.41. The van der Waals surface area contributed by atoms with Crippen LogP contribution in [0.5, 0.6) is 5.75 Å². The molecule has 1 aromatic carbocycles. The zero-order valence-corrected chi connectivity index (χ0v) is 15.8. The van der Waals surface area contributed by atoms with Gasteiger partial charge in [-0.05, 0) is 54.9 Å². The van der Waals surface area contributed by atoms with Crippen molar-refractivity contribution in [3.63, 3.8) is 0 Å². The van der Waals surface area contributed by atoms with Crippen molar-refractivity contribution < 1.29 is 4.74 Å². The summed E-state index contributed by atoms with van der Waals surface area (Å²) in [6.07, 6.45) is 8.48. The molecule has 4 nitrogen and oxygen atoms in total. The highest BCUT2D eigenvalue weighted by Crippen LogP contribution is 2.29. The van der Waals surface area contributed by atoms with E-state index in [-0.39, 0.29) is 0 Å². The van der Waals surface area contributed by atoms with Crippen LogP contribution in [0.1, 0.15) is 31.2 Å². The number of pyridine rings is 1. The summed E-state index contributed by atoms with van der Waals surface area (Å²) >= 11 is 12.1. The maximum absolute atomic E-state index is 6.35. The summed E-state index contributed by atoms with van der Waals surface area (Å²) < 4.78 is 5.20. The van der Waals surface area contributed by atoms with E-state index >= 15 is 0 Å². The van der Waals surface area contributed by atoms with E-state index in [1.165, 1.54) is 31.2 Å². The van der Waals surface area contributed by atoms with E-state index in [0.29, 0.717) is 16.2 Å². The molecular formula is C19H22ClN3OS. The first-order valence-electron chi connectivity index (χ1n) is 8.47. The molecule has 3 rings (SSSR count). The molecule has 6 heteroatoms. The highest BCUT2D eigenvalue weighted by Gasteiger charge is 2.25. The fourth-order valence-electron chi connectivity index (χ4n) is 3.18. The first-order valence-corrected chi connectivity index (χ1v) is 9.26. The van der Waals surface area contributed by atoms with Gasteiger partial charge in [-0.1, -0.05) is 24.4 Å². The van der Waals surface area contributed by atoms with Gasteiger partial charge in [0.15, 0.2) is 5.11 Å². The predicted octanol–water partition coefficient (Wildman–Crippen LogP) is 4.89. The monoisotopic (exact) mass is 375 g/mol. The van der Waals surface area contributed by atoms with Crippen LogP contribution < -0.4 is 10.1 Å². The van der Waals surface area contributed by atoms with Crippen LogP contribution in [0, 0.1) is 0 Å². The number of aromatic nitrogens is 1. The normalized spacial score (nSPS) is 14.3. The van der Waals surface area contributed by atoms with E-state index in [2.05, 4.69) is 15.2 Å². The molecule has 1 fully saturated rings. The van der Waals surface area contributed by atoms with Crippen molar-refractivity contribution in [1.29, 1.82) is 0 Å². The Hall–Kier alpha value is -1.85. The van der Waals surface area contributed by atoms with E-state index in [1.807, 2.05) is 36.7 Å². The quantitative estimate of drug-likeness (QED) is 0.753. The highest BCUT2D eigenvalue weighted by molar-refractivity contribution is 7.80. The first kappa shape index (κ1) is 18.0. The van der Waals surface area contributed by atoms with Gasteiger partial charge in [0.05, 0.1) is 17.8 Å². The molecule has 0 radical (unpaired) electrons. The highest BCUT2D eigenvalue weighted by atomic mass is 35.5. The molecule has 0 spiro atoms. The van der Waals surface area contributed by atoms with Gasteiger partial charge in [-0.15, -0.1) is 0 Å². The summed E-state index contributed by atoms with van der Waals surface area (Å²) in [5.41, 5.74) is 2.00. The summed E-state index contributed by atoms with van der Waals surface area (Å²) in [5, 5.41) is 4.61. The Balaban J connectivity index is 1.76. The van der Waals surface area contributed by atoms with Gasteiger partial charge in [0.25, 0.3) is 0 Å². The number of rotatable bonds is 5. The lowest BCUT2D eigenvalue weighted by molar-refractivity contribution is 0.312. The Morgan fingerprint density at radius 2 is 2.00 bits per heavy atom. The van der Waals surface area contributed by atoms with Crippen molar-refractivity contribution in [2.45, 2.75) is 38.3 Å². The van der Waals surface area contributed by atoms with E-state index < -0.39 is 0 Å². The van der Waals surface area contributed by atoms with Crippen LogP contribution in [0.4, 0.5) is 5.69 Å². The van der Waals surface area contributed by atoms with Gasteiger partial charge in [0.1, 0.15) is 5.75 Å². The number of nitrogens with one attached hydrogen (secondary N) is 1. The van der Waals surface area contributed by atoms with Gasteiger partial charge in [0.2, 0.25) is 0 Å². The smallest absolute Gasteiger partial charge is 0.174 e. The number of halogens is 1. The van der Waals surface area contributed by atoms with Crippen LogP contribution >= 0.6 is 23.8 Å². The number of nitrogens with zero attached hydrogens (tertiary/aromatic N) is 2. The third-order valence-electron chi connectivity index (χ3n) is 4.55. The maximum atomic E-state index is 6.35. The Morgan fingerprint density at radius 1 is 1.28 bits per heavy atom. The summed E-state index contributed by atoms with van der Waals surface area (Å²) in [4.78, 5) is 6.37. The number of benzene rings is 1. The molecule has 1 heterocycles. The van der Waals surface area contributed by atoms with Gasteiger partial charge in [0, 0.05) is 31.0 Å². The van der Waals surface area contributed by atoms with Crippen LogP contribution in [0.2, 0.25) is 5.02 Å². The maximum Gasteiger partial charge on any atom is 0.174 e. The molecule has 0 amide bonds. The van der Waals surface area contributed by atoms with Crippen LogP contribution in [-0.4, -0.2) is 28.1 Å². The largest absolute Gasteiger partial charge is 0.497 e. The minimum atomic E-state index is 0.463. The molecule has 0 aliphatic heterocycles. The number of hydrogen-bond donors (Lipinski definition) is 1. The molecule has 1 aliphatic carbocycles. The second-order valence-electron chi connectivity index (χ2n) is 6.20. The molecule has 0 atom stereocenters. The topological polar surface area (TPSA) is 37.4 Å². The van der Waals surface area contributed by atoms with Crippen molar-refractivity contribution >= 4 is 34.6 Å². The van der Waals surface area contributed by atoms with Crippen molar-refractivity contribution in [2.75, 3.05) is 12.4 Å². The van der Waals surface area contributed by atoms with Crippen molar-refractivity contribution in [3.05, 3.63) is 53.3 Å². The van der Waals surface area contributed by atoms with Gasteiger partial charge < -0.3 is 15.0 Å². The second-order valence-corrected chi connectivity index (χ2v) is 6.99. The molecule has 1 saturated carbocycles. The second kappa shape index (κ2) is 8.50. The molecule has 2 aromatic rings. The molecule has 0 saturated heterocycles. The lowest BCUT2D eigenvalue weighted by Gasteiger charge is -2.32. The Labute approximate surface area is 159 Å².